The quantitative estimate of drug-likeness (QED) is 0.380. The maximum absolute atomic E-state index is 4.06. The van der Waals surface area contributed by atoms with E-state index in [-0.39, 0.29) is 9.41 Å². The molecule has 0 fully saturated rings. The largest absolute Gasteiger partial charge is 1.00 e. The zero-order chi connectivity index (χ0) is 4.99. The second-order valence-corrected chi connectivity index (χ2v) is 1.70. The third-order valence-corrected chi connectivity index (χ3v) is 1.30. The van der Waals surface area contributed by atoms with Gasteiger partial charge in [-0.05, 0) is 0 Å². The Morgan fingerprint density at radius 3 is 1.38 bits per heavy atom. The molecule has 0 aromatic rings. The Bertz CT molecular complexity index is 33.2. The molecule has 0 amide bonds. The van der Waals surface area contributed by atoms with Crippen molar-refractivity contribution in [2.45, 2.75) is 13.8 Å². The van der Waals surface area contributed by atoms with E-state index in [1.165, 1.54) is 0 Å². The Kier molecular flexibility index (Phi) is 20.1. The topological polar surface area (TPSA) is 3.24 Å². The van der Waals surface area contributed by atoms with Crippen LogP contribution in [-0.4, -0.2) is 17.4 Å². The highest BCUT2D eigenvalue weighted by molar-refractivity contribution is 7.77. The summed E-state index contributed by atoms with van der Waals surface area (Å²) in [6.45, 7) is 6.21. The highest BCUT2D eigenvalue weighted by Gasteiger charge is 1.83. The van der Waals surface area contributed by atoms with Crippen LogP contribution in [-0.2, 0) is 0 Å². The molecule has 4 heteroatoms. The lowest BCUT2D eigenvalue weighted by molar-refractivity contribution is -0.00100. The second-order valence-electron chi connectivity index (χ2n) is 1.14. The van der Waals surface area contributed by atoms with Crippen molar-refractivity contribution in [3.05, 3.63) is 0 Å². The maximum Gasteiger partial charge on any atom is 0.00584 e. The molecule has 0 rings (SSSR count). The highest BCUT2D eigenvalue weighted by atomic mass is 32.1. The molecule has 0 heterocycles. The fraction of sp³-hybridized carbons (Fsp3) is 1.00. The Balaban J connectivity index is -0.000000125. The molecule has 0 aliphatic heterocycles. The van der Waals surface area contributed by atoms with Crippen molar-refractivity contribution in [2.75, 3.05) is 13.1 Å². The van der Waals surface area contributed by atoms with Crippen molar-refractivity contribution in [1.82, 2.24) is 4.31 Å². The summed E-state index contributed by atoms with van der Waals surface area (Å²) in [7, 11) is 0. The third-order valence-electron chi connectivity index (χ3n) is 0.730. The summed E-state index contributed by atoms with van der Waals surface area (Å²) < 4.78 is 1.94. The molecule has 0 atom stereocenters. The Labute approximate surface area is 54.3 Å². The van der Waals surface area contributed by atoms with E-state index in [0.717, 1.165) is 13.1 Å². The monoisotopic (exact) mass is 143 g/mol. The summed E-state index contributed by atoms with van der Waals surface area (Å²) in [6.07, 6.45) is 0. The fourth-order valence-corrected chi connectivity index (χ4v) is 0.224. The zero-order valence-electron chi connectivity index (χ0n) is 5.06. The summed E-state index contributed by atoms with van der Waals surface area (Å²) in [5.41, 5.74) is 0. The Morgan fingerprint density at radius 2 is 1.38 bits per heavy atom. The van der Waals surface area contributed by atoms with Crippen LogP contribution in [0.3, 0.4) is 0 Å². The molecule has 0 aliphatic carbocycles. The van der Waals surface area contributed by atoms with Crippen molar-refractivity contribution in [3.63, 3.8) is 0 Å². The smallest absolute Gasteiger partial charge is 0.00584 e. The SMILES string of the molecule is CCN(S)CC.[F-].[F-]. The minimum Gasteiger partial charge on any atom is -1.00 e. The van der Waals surface area contributed by atoms with Gasteiger partial charge in [0, 0.05) is 13.1 Å². The summed E-state index contributed by atoms with van der Waals surface area (Å²) in [4.78, 5) is 0. The van der Waals surface area contributed by atoms with Crippen LogP contribution in [0.5, 0.6) is 0 Å². The van der Waals surface area contributed by atoms with E-state index in [0.29, 0.717) is 0 Å². The van der Waals surface area contributed by atoms with Gasteiger partial charge >= 0.3 is 0 Å². The van der Waals surface area contributed by atoms with Gasteiger partial charge in [0.25, 0.3) is 0 Å². The lowest BCUT2D eigenvalue weighted by atomic mass is 10.7. The van der Waals surface area contributed by atoms with Gasteiger partial charge < -0.3 is 9.41 Å². The van der Waals surface area contributed by atoms with E-state index < -0.39 is 0 Å². The van der Waals surface area contributed by atoms with Crippen molar-refractivity contribution in [2.24, 2.45) is 0 Å². The average molecular weight is 143 g/mol. The van der Waals surface area contributed by atoms with E-state index in [1.54, 1.807) is 0 Å². The Morgan fingerprint density at radius 1 is 1.12 bits per heavy atom. The fourth-order valence-electron chi connectivity index (χ4n) is 0.224. The first-order valence-corrected chi connectivity index (χ1v) is 2.65. The van der Waals surface area contributed by atoms with E-state index in [4.69, 9.17) is 0 Å². The van der Waals surface area contributed by atoms with Crippen LogP contribution in [0.1, 0.15) is 13.8 Å². The van der Waals surface area contributed by atoms with Crippen LogP contribution in [0.4, 0.5) is 0 Å². The maximum atomic E-state index is 4.06. The summed E-state index contributed by atoms with van der Waals surface area (Å²) >= 11 is 4.06. The molecule has 0 aromatic carbocycles. The molecule has 8 heavy (non-hydrogen) atoms. The molecule has 0 spiro atoms. The molecule has 54 valence electrons. The third kappa shape index (κ3) is 9.48. The highest BCUT2D eigenvalue weighted by Crippen LogP contribution is 1.86. The number of nitrogens with zero attached hydrogens (tertiary/aromatic N) is 1. The van der Waals surface area contributed by atoms with Crippen molar-refractivity contribution >= 4 is 12.8 Å². The van der Waals surface area contributed by atoms with Gasteiger partial charge in [0.15, 0.2) is 0 Å². The van der Waals surface area contributed by atoms with E-state index in [2.05, 4.69) is 26.7 Å². The summed E-state index contributed by atoms with van der Waals surface area (Å²) in [5, 5.41) is 0. The number of rotatable bonds is 2. The number of thiol groups is 1. The van der Waals surface area contributed by atoms with E-state index >= 15 is 0 Å². The number of hydrogen-bond donors (Lipinski definition) is 1. The molecule has 0 saturated carbocycles. The number of hydrogen-bond acceptors (Lipinski definition) is 2. The second kappa shape index (κ2) is 10.2. The average Bonchev–Trinajstić information content (AvgIpc) is 1.65. The normalized spacial score (nSPS) is 7.50. The lowest BCUT2D eigenvalue weighted by Crippen LogP contribution is -3.00. The van der Waals surface area contributed by atoms with Crippen molar-refractivity contribution in [1.29, 1.82) is 0 Å². The number of halogens is 2. The minimum absolute atomic E-state index is 0. The van der Waals surface area contributed by atoms with Crippen LogP contribution in [0, 0.1) is 0 Å². The van der Waals surface area contributed by atoms with Gasteiger partial charge in [-0.1, -0.05) is 26.7 Å². The van der Waals surface area contributed by atoms with Gasteiger partial charge in [0.2, 0.25) is 0 Å². The predicted molar refractivity (Wildman–Crippen MR) is 31.9 cm³/mol. The molecular formula is C4H11F2NS-2. The van der Waals surface area contributed by atoms with Gasteiger partial charge in [-0.3, -0.25) is 4.31 Å². The first-order chi connectivity index (χ1) is 2.81. The molecular weight excluding hydrogens is 132 g/mol. The van der Waals surface area contributed by atoms with Gasteiger partial charge in [-0.2, -0.15) is 0 Å². The molecule has 0 aromatic heterocycles. The standard InChI is InChI=1S/C4H11NS.2FH/c1-3-5(6)4-2;;/h6H,3-4H2,1-2H3;2*1H/p-2. The summed E-state index contributed by atoms with van der Waals surface area (Å²) in [6, 6.07) is 0. The van der Waals surface area contributed by atoms with E-state index in [1.807, 2.05) is 4.31 Å². The molecule has 0 N–H and O–H groups in total. The molecule has 1 nitrogen and oxygen atoms in total. The van der Waals surface area contributed by atoms with Crippen molar-refractivity contribution < 1.29 is 9.41 Å². The van der Waals surface area contributed by atoms with Crippen LogP contribution < -0.4 is 9.41 Å². The molecule has 0 radical (unpaired) electrons. The molecule has 0 unspecified atom stereocenters. The van der Waals surface area contributed by atoms with Gasteiger partial charge in [0.1, 0.15) is 0 Å². The van der Waals surface area contributed by atoms with E-state index in [9.17, 15) is 0 Å². The van der Waals surface area contributed by atoms with Gasteiger partial charge in [-0.25, -0.2) is 0 Å². The lowest BCUT2D eigenvalue weighted by Gasteiger charge is -2.05. The molecule has 0 aliphatic rings. The van der Waals surface area contributed by atoms with Crippen LogP contribution in [0.2, 0.25) is 0 Å². The van der Waals surface area contributed by atoms with Gasteiger partial charge in [0.05, 0.1) is 0 Å². The van der Waals surface area contributed by atoms with Crippen molar-refractivity contribution in [3.8, 4) is 0 Å². The van der Waals surface area contributed by atoms with Crippen LogP contribution in [0.25, 0.3) is 0 Å². The predicted octanol–water partition coefficient (Wildman–Crippen LogP) is -4.82. The zero-order valence-corrected chi connectivity index (χ0v) is 5.96. The molecule has 0 saturated heterocycles. The minimum atomic E-state index is 0. The van der Waals surface area contributed by atoms with Crippen LogP contribution in [0.15, 0.2) is 0 Å². The van der Waals surface area contributed by atoms with Crippen LogP contribution >= 0.6 is 12.8 Å². The first-order valence-electron chi connectivity index (χ1n) is 2.25. The van der Waals surface area contributed by atoms with Gasteiger partial charge in [-0.15, -0.1) is 0 Å². The molecule has 0 bridgehead atoms. The Hall–Kier alpha value is 0.170. The first kappa shape index (κ1) is 15.7. The summed E-state index contributed by atoms with van der Waals surface area (Å²) in [5.74, 6) is 0.